The molecule has 0 spiro atoms. The Morgan fingerprint density at radius 2 is 1.62 bits per heavy atom. The highest BCUT2D eigenvalue weighted by Gasteiger charge is 2.28. The molecule has 3 rings (SSSR count). The van der Waals surface area contributed by atoms with Crippen LogP contribution in [0, 0.1) is 6.92 Å². The van der Waals surface area contributed by atoms with Crippen molar-refractivity contribution < 1.29 is 28.6 Å². The third kappa shape index (κ3) is 5.74. The standard InChI is InChI=1S/C25H26N2O6S/c1-5-32-25(30)20-15(2)21(23(29)26-17-11-7-6-8-12-17)34-24(20)27-22(28)16(3)33-19-14-10-9-13-18(19)31-4/h6-14,16H,5H2,1-4H3,(H,26,29)(H,27,28)/t16-/m1/s1. The molecule has 2 aromatic carbocycles. The molecule has 2 N–H and O–H groups in total. The molecule has 34 heavy (non-hydrogen) atoms. The Morgan fingerprint density at radius 1 is 0.971 bits per heavy atom. The number of methoxy groups -OCH3 is 1. The zero-order valence-corrected chi connectivity index (χ0v) is 20.2. The minimum atomic E-state index is -0.907. The molecule has 1 heterocycles. The number of hydrogen-bond acceptors (Lipinski definition) is 7. The lowest BCUT2D eigenvalue weighted by Crippen LogP contribution is -2.30. The van der Waals surface area contributed by atoms with Crippen LogP contribution in [0.4, 0.5) is 10.7 Å². The summed E-state index contributed by atoms with van der Waals surface area (Å²) in [5.74, 6) is -0.612. The van der Waals surface area contributed by atoms with Crippen LogP contribution in [-0.4, -0.2) is 37.6 Å². The largest absolute Gasteiger partial charge is 0.493 e. The van der Waals surface area contributed by atoms with E-state index in [9.17, 15) is 14.4 Å². The van der Waals surface area contributed by atoms with Crippen molar-refractivity contribution in [1.29, 1.82) is 0 Å². The van der Waals surface area contributed by atoms with Gasteiger partial charge >= 0.3 is 5.97 Å². The number of rotatable bonds is 9. The average molecular weight is 483 g/mol. The number of hydrogen-bond donors (Lipinski definition) is 2. The van der Waals surface area contributed by atoms with Crippen molar-refractivity contribution in [3.63, 3.8) is 0 Å². The van der Waals surface area contributed by atoms with Gasteiger partial charge in [-0.15, -0.1) is 11.3 Å². The van der Waals surface area contributed by atoms with E-state index < -0.39 is 23.9 Å². The molecule has 8 nitrogen and oxygen atoms in total. The summed E-state index contributed by atoms with van der Waals surface area (Å²) < 4.78 is 16.2. The average Bonchev–Trinajstić information content (AvgIpc) is 3.15. The van der Waals surface area contributed by atoms with Gasteiger partial charge in [-0.25, -0.2) is 4.79 Å². The van der Waals surface area contributed by atoms with Crippen molar-refractivity contribution in [2.45, 2.75) is 26.9 Å². The van der Waals surface area contributed by atoms with Crippen molar-refractivity contribution in [1.82, 2.24) is 0 Å². The first-order valence-electron chi connectivity index (χ1n) is 10.6. The second-order valence-corrected chi connectivity index (χ2v) is 8.22. The topological polar surface area (TPSA) is 103 Å². The minimum Gasteiger partial charge on any atom is -0.493 e. The second-order valence-electron chi connectivity index (χ2n) is 7.20. The number of amides is 2. The van der Waals surface area contributed by atoms with Crippen LogP contribution in [0.3, 0.4) is 0 Å². The molecule has 0 unspecified atom stereocenters. The molecule has 1 aromatic heterocycles. The molecular formula is C25H26N2O6S. The van der Waals surface area contributed by atoms with Gasteiger partial charge in [-0.05, 0) is 50.6 Å². The number of esters is 1. The third-order valence-corrected chi connectivity index (χ3v) is 6.05. The molecular weight excluding hydrogens is 456 g/mol. The Labute approximate surface area is 201 Å². The lowest BCUT2D eigenvalue weighted by Gasteiger charge is -2.16. The zero-order chi connectivity index (χ0) is 24.7. The van der Waals surface area contributed by atoms with E-state index in [1.54, 1.807) is 69.3 Å². The Hall–Kier alpha value is -3.85. The number of thiophene rings is 1. The maximum Gasteiger partial charge on any atom is 0.341 e. The van der Waals surface area contributed by atoms with E-state index in [1.165, 1.54) is 7.11 Å². The number of anilines is 2. The predicted octanol–water partition coefficient (Wildman–Crippen LogP) is 4.90. The summed E-state index contributed by atoms with van der Waals surface area (Å²) in [6.45, 7) is 5.06. The van der Waals surface area contributed by atoms with Gasteiger partial charge in [-0.2, -0.15) is 0 Å². The molecule has 0 aliphatic rings. The van der Waals surface area contributed by atoms with E-state index in [0.29, 0.717) is 27.6 Å². The van der Waals surface area contributed by atoms with Crippen LogP contribution < -0.4 is 20.1 Å². The van der Waals surface area contributed by atoms with Crippen LogP contribution in [0.5, 0.6) is 11.5 Å². The maximum absolute atomic E-state index is 12.9. The van der Waals surface area contributed by atoms with Gasteiger partial charge < -0.3 is 24.8 Å². The molecule has 0 fully saturated rings. The molecule has 1 atom stereocenters. The van der Waals surface area contributed by atoms with Gasteiger partial charge in [-0.3, -0.25) is 9.59 Å². The normalized spacial score (nSPS) is 11.3. The summed E-state index contributed by atoms with van der Waals surface area (Å²) in [7, 11) is 1.51. The summed E-state index contributed by atoms with van der Waals surface area (Å²) in [6.07, 6.45) is -0.907. The summed E-state index contributed by atoms with van der Waals surface area (Å²) >= 11 is 1.00. The van der Waals surface area contributed by atoms with Crippen LogP contribution in [0.15, 0.2) is 54.6 Å². The summed E-state index contributed by atoms with van der Waals surface area (Å²) in [6, 6.07) is 15.9. The molecule has 0 radical (unpaired) electrons. The SMILES string of the molecule is CCOC(=O)c1c(NC(=O)[C@@H](C)Oc2ccccc2OC)sc(C(=O)Nc2ccccc2)c1C. The van der Waals surface area contributed by atoms with Gasteiger partial charge in [0.15, 0.2) is 17.6 Å². The summed E-state index contributed by atoms with van der Waals surface area (Å²) in [4.78, 5) is 38.8. The van der Waals surface area contributed by atoms with Crippen molar-refractivity contribution >= 4 is 39.8 Å². The highest BCUT2D eigenvalue weighted by atomic mass is 32.1. The maximum atomic E-state index is 12.9. The molecule has 3 aromatic rings. The molecule has 0 saturated carbocycles. The van der Waals surface area contributed by atoms with E-state index in [4.69, 9.17) is 14.2 Å². The highest BCUT2D eigenvalue weighted by molar-refractivity contribution is 7.19. The lowest BCUT2D eigenvalue weighted by atomic mass is 10.1. The number of nitrogens with one attached hydrogen (secondary N) is 2. The summed E-state index contributed by atoms with van der Waals surface area (Å²) in [5.41, 5.74) is 1.18. The first-order valence-corrected chi connectivity index (χ1v) is 11.4. The first-order chi connectivity index (χ1) is 16.3. The van der Waals surface area contributed by atoms with Gasteiger partial charge in [0, 0.05) is 5.69 Å². The van der Waals surface area contributed by atoms with Crippen LogP contribution in [0.25, 0.3) is 0 Å². The van der Waals surface area contributed by atoms with Crippen molar-refractivity contribution in [2.75, 3.05) is 24.4 Å². The fraction of sp³-hybridized carbons (Fsp3) is 0.240. The van der Waals surface area contributed by atoms with Gasteiger partial charge in [0.25, 0.3) is 11.8 Å². The molecule has 2 amide bonds. The van der Waals surface area contributed by atoms with E-state index >= 15 is 0 Å². The van der Waals surface area contributed by atoms with Crippen molar-refractivity contribution in [2.24, 2.45) is 0 Å². The smallest absolute Gasteiger partial charge is 0.341 e. The number of para-hydroxylation sites is 3. The third-order valence-electron chi connectivity index (χ3n) is 4.84. The Morgan fingerprint density at radius 3 is 2.26 bits per heavy atom. The Kier molecular flexibility index (Phi) is 8.26. The quantitative estimate of drug-likeness (QED) is 0.421. The van der Waals surface area contributed by atoms with E-state index in [1.807, 2.05) is 6.07 Å². The molecule has 0 bridgehead atoms. The highest BCUT2D eigenvalue weighted by Crippen LogP contribution is 2.35. The number of carbonyl (C=O) groups excluding carboxylic acids is 3. The number of benzene rings is 2. The van der Waals surface area contributed by atoms with Crippen LogP contribution in [0.1, 0.15) is 39.4 Å². The van der Waals surface area contributed by atoms with Crippen LogP contribution in [0.2, 0.25) is 0 Å². The van der Waals surface area contributed by atoms with Gasteiger partial charge in [0.05, 0.1) is 24.2 Å². The predicted molar refractivity (Wildman–Crippen MR) is 131 cm³/mol. The fourth-order valence-electron chi connectivity index (χ4n) is 3.15. The molecule has 0 aliphatic heterocycles. The van der Waals surface area contributed by atoms with Gasteiger partial charge in [-0.1, -0.05) is 30.3 Å². The molecule has 0 saturated heterocycles. The van der Waals surface area contributed by atoms with Crippen LogP contribution in [-0.2, 0) is 9.53 Å². The number of ether oxygens (including phenoxy) is 3. The van der Waals surface area contributed by atoms with Gasteiger partial charge in [0.2, 0.25) is 0 Å². The Balaban J connectivity index is 1.85. The van der Waals surface area contributed by atoms with Crippen molar-refractivity contribution in [3.05, 3.63) is 70.6 Å². The van der Waals surface area contributed by atoms with E-state index in [0.717, 1.165) is 11.3 Å². The second kappa shape index (κ2) is 11.3. The van der Waals surface area contributed by atoms with Crippen LogP contribution >= 0.6 is 11.3 Å². The molecule has 0 aliphatic carbocycles. The lowest BCUT2D eigenvalue weighted by molar-refractivity contribution is -0.122. The van der Waals surface area contributed by atoms with Crippen molar-refractivity contribution in [3.8, 4) is 11.5 Å². The van der Waals surface area contributed by atoms with E-state index in [2.05, 4.69) is 10.6 Å². The Bertz CT molecular complexity index is 1180. The molecule has 178 valence electrons. The summed E-state index contributed by atoms with van der Waals surface area (Å²) in [5, 5.41) is 5.74. The fourth-order valence-corrected chi connectivity index (χ4v) is 4.24. The zero-order valence-electron chi connectivity index (χ0n) is 19.3. The first kappa shape index (κ1) is 24.8. The molecule has 9 heteroatoms. The number of carbonyl (C=O) groups is 3. The monoisotopic (exact) mass is 482 g/mol. The van der Waals surface area contributed by atoms with Gasteiger partial charge in [0.1, 0.15) is 5.00 Å². The van der Waals surface area contributed by atoms with E-state index in [-0.39, 0.29) is 17.2 Å². The minimum absolute atomic E-state index is 0.142.